The number of carbonyl (C=O) groups is 2. The van der Waals surface area contributed by atoms with E-state index in [2.05, 4.69) is 0 Å². The quantitative estimate of drug-likeness (QED) is 0.580. The molecule has 3 aromatic rings. The average molecular weight is 470 g/mol. The normalized spacial score (nSPS) is 14.6. The number of methoxy groups -OCH3 is 2. The topological polar surface area (TPSA) is 110 Å². The van der Waals surface area contributed by atoms with Crippen LogP contribution in [0, 0.1) is 0 Å². The monoisotopic (exact) mass is 469 g/mol. The number of ether oxygens (including phenoxy) is 2. The fourth-order valence-corrected chi connectivity index (χ4v) is 5.85. The molecule has 4 rings (SSSR count). The number of amides is 1. The van der Waals surface area contributed by atoms with Crippen molar-refractivity contribution in [2.45, 2.75) is 31.2 Å². The first-order valence-electron chi connectivity index (χ1n) is 10.2. The summed E-state index contributed by atoms with van der Waals surface area (Å²) in [6.07, 6.45) is 0. The molecule has 0 aliphatic carbocycles. The molecule has 0 bridgehead atoms. The van der Waals surface area contributed by atoms with E-state index in [-0.39, 0.29) is 27.5 Å². The van der Waals surface area contributed by atoms with Crippen molar-refractivity contribution in [3.05, 3.63) is 64.7 Å². The molecule has 0 saturated carbocycles. The molecule has 3 aromatic carbocycles. The molecule has 1 amide bonds. The molecule has 172 valence electrons. The number of hydrogen-bond acceptors (Lipinski definition) is 6. The highest BCUT2D eigenvalue weighted by atomic mass is 32.2. The van der Waals surface area contributed by atoms with E-state index >= 15 is 0 Å². The van der Waals surface area contributed by atoms with E-state index < -0.39 is 28.4 Å². The van der Waals surface area contributed by atoms with E-state index in [1.165, 1.54) is 26.4 Å². The van der Waals surface area contributed by atoms with Gasteiger partial charge in [0, 0.05) is 10.8 Å². The number of carboxylic acids is 1. The van der Waals surface area contributed by atoms with E-state index in [4.69, 9.17) is 9.47 Å². The fourth-order valence-electron chi connectivity index (χ4n) is 4.30. The number of fused-ring (bicyclic) bond motifs is 2. The molecule has 1 heterocycles. The van der Waals surface area contributed by atoms with Gasteiger partial charge in [-0.05, 0) is 41.3 Å². The van der Waals surface area contributed by atoms with Crippen LogP contribution in [-0.4, -0.2) is 43.9 Å². The number of hydrogen-bond donors (Lipinski definition) is 1. The first-order valence-corrected chi connectivity index (χ1v) is 11.7. The molecule has 8 nitrogen and oxygen atoms in total. The van der Waals surface area contributed by atoms with Crippen molar-refractivity contribution in [2.75, 3.05) is 14.2 Å². The number of carbonyl (C=O) groups excluding carboxylic acids is 1. The summed E-state index contributed by atoms with van der Waals surface area (Å²) >= 11 is 0. The summed E-state index contributed by atoms with van der Waals surface area (Å²) in [6, 6.07) is 10.8. The Labute approximate surface area is 191 Å². The van der Waals surface area contributed by atoms with Gasteiger partial charge in [0.25, 0.3) is 15.9 Å². The second kappa shape index (κ2) is 8.08. The highest BCUT2D eigenvalue weighted by Gasteiger charge is 2.41. The Kier molecular flexibility index (Phi) is 5.53. The lowest BCUT2D eigenvalue weighted by Crippen LogP contribution is -2.30. The molecule has 0 atom stereocenters. The van der Waals surface area contributed by atoms with Crippen molar-refractivity contribution in [2.24, 2.45) is 0 Å². The molecular weight excluding hydrogens is 446 g/mol. The molecule has 1 aliphatic rings. The maximum Gasteiger partial charge on any atom is 0.336 e. The zero-order valence-corrected chi connectivity index (χ0v) is 19.4. The van der Waals surface area contributed by atoms with Gasteiger partial charge in [0.15, 0.2) is 11.5 Å². The standard InChI is InChI=1S/C24H23NO7S/c1-13(2)17-11-14(12-25-23(26)15-7-5-6-8-19(15)33(25,29)30)20(24(27)28)16-9-10-18(31-3)22(32-4)21(16)17/h5-11,13H,12H2,1-4H3,(H,27,28). The van der Waals surface area contributed by atoms with E-state index in [1.54, 1.807) is 30.3 Å². The Hall–Kier alpha value is -3.59. The van der Waals surface area contributed by atoms with Crippen LogP contribution in [0.3, 0.4) is 0 Å². The summed E-state index contributed by atoms with van der Waals surface area (Å²) in [5.74, 6) is -1.13. The molecule has 1 aliphatic heterocycles. The smallest absolute Gasteiger partial charge is 0.336 e. The second-order valence-electron chi connectivity index (χ2n) is 8.00. The van der Waals surface area contributed by atoms with E-state index in [1.807, 2.05) is 13.8 Å². The third kappa shape index (κ3) is 3.39. The summed E-state index contributed by atoms with van der Waals surface area (Å²) in [6.45, 7) is 3.47. The van der Waals surface area contributed by atoms with E-state index in [0.717, 1.165) is 9.87 Å². The van der Waals surface area contributed by atoms with Crippen molar-refractivity contribution in [3.63, 3.8) is 0 Å². The highest BCUT2D eigenvalue weighted by Crippen LogP contribution is 2.43. The van der Waals surface area contributed by atoms with Crippen LogP contribution in [0.5, 0.6) is 11.5 Å². The first-order chi connectivity index (χ1) is 15.6. The minimum absolute atomic E-state index is 0.0572. The van der Waals surface area contributed by atoms with Crippen molar-refractivity contribution in [1.82, 2.24) is 4.31 Å². The predicted molar refractivity (Wildman–Crippen MR) is 122 cm³/mol. The third-order valence-corrected chi connectivity index (χ3v) is 7.60. The summed E-state index contributed by atoms with van der Waals surface area (Å²) < 4.78 is 37.8. The maximum atomic E-state index is 13.1. The van der Waals surface area contributed by atoms with Gasteiger partial charge in [-0.15, -0.1) is 0 Å². The van der Waals surface area contributed by atoms with Gasteiger partial charge in [-0.25, -0.2) is 17.5 Å². The number of nitrogens with zero attached hydrogens (tertiary/aromatic N) is 1. The molecule has 0 aromatic heterocycles. The zero-order chi connectivity index (χ0) is 24.1. The van der Waals surface area contributed by atoms with Crippen LogP contribution >= 0.6 is 0 Å². The predicted octanol–water partition coefficient (Wildman–Crippen LogP) is 4.02. The van der Waals surface area contributed by atoms with Gasteiger partial charge >= 0.3 is 5.97 Å². The van der Waals surface area contributed by atoms with Crippen molar-refractivity contribution in [1.29, 1.82) is 0 Å². The number of rotatable bonds is 6. The summed E-state index contributed by atoms with van der Waals surface area (Å²) in [5, 5.41) is 11.1. The SMILES string of the molecule is COc1ccc2c(C(=O)O)c(CN3C(=O)c4ccccc4S3(=O)=O)cc(C(C)C)c2c1OC. The maximum absolute atomic E-state index is 13.1. The number of benzene rings is 3. The third-order valence-electron chi connectivity index (χ3n) is 5.82. The van der Waals surface area contributed by atoms with Crippen LogP contribution in [0.4, 0.5) is 0 Å². The molecule has 1 N–H and O–H groups in total. The van der Waals surface area contributed by atoms with Crippen LogP contribution in [0.1, 0.15) is 51.6 Å². The van der Waals surface area contributed by atoms with Gasteiger partial charge in [0.2, 0.25) is 0 Å². The van der Waals surface area contributed by atoms with Gasteiger partial charge in [-0.2, -0.15) is 0 Å². The van der Waals surface area contributed by atoms with Crippen LogP contribution in [0.2, 0.25) is 0 Å². The lowest BCUT2D eigenvalue weighted by Gasteiger charge is -2.22. The van der Waals surface area contributed by atoms with Crippen LogP contribution in [0.25, 0.3) is 10.8 Å². The second-order valence-corrected chi connectivity index (χ2v) is 9.83. The van der Waals surface area contributed by atoms with Gasteiger partial charge in [0.1, 0.15) is 4.90 Å². The van der Waals surface area contributed by atoms with Crippen molar-refractivity contribution < 1.29 is 32.6 Å². The Morgan fingerprint density at radius 1 is 1.09 bits per heavy atom. The molecule has 0 radical (unpaired) electrons. The van der Waals surface area contributed by atoms with Crippen LogP contribution in [-0.2, 0) is 16.6 Å². The molecule has 0 saturated heterocycles. The van der Waals surface area contributed by atoms with Gasteiger partial charge in [-0.3, -0.25) is 4.79 Å². The lowest BCUT2D eigenvalue weighted by molar-refractivity contribution is 0.0694. The lowest BCUT2D eigenvalue weighted by atomic mass is 9.88. The van der Waals surface area contributed by atoms with E-state index in [9.17, 15) is 23.1 Å². The Morgan fingerprint density at radius 2 is 1.79 bits per heavy atom. The van der Waals surface area contributed by atoms with Gasteiger partial charge in [0.05, 0.1) is 31.9 Å². The first kappa shape index (κ1) is 22.6. The number of carboxylic acid groups (broad SMARTS) is 1. The average Bonchev–Trinajstić information content (AvgIpc) is 2.97. The summed E-state index contributed by atoms with van der Waals surface area (Å²) in [4.78, 5) is 25.2. The van der Waals surface area contributed by atoms with Gasteiger partial charge < -0.3 is 14.6 Å². The highest BCUT2D eigenvalue weighted by molar-refractivity contribution is 7.90. The molecule has 0 spiro atoms. The van der Waals surface area contributed by atoms with Crippen molar-refractivity contribution in [3.8, 4) is 11.5 Å². The molecule has 9 heteroatoms. The molecule has 0 unspecified atom stereocenters. The zero-order valence-electron chi connectivity index (χ0n) is 18.6. The summed E-state index contributed by atoms with van der Waals surface area (Å²) in [7, 11) is -1.13. The van der Waals surface area contributed by atoms with Crippen molar-refractivity contribution >= 4 is 32.7 Å². The molecule has 33 heavy (non-hydrogen) atoms. The molecular formula is C24H23NO7S. The number of aromatic carboxylic acids is 1. The Morgan fingerprint density at radius 3 is 2.36 bits per heavy atom. The minimum Gasteiger partial charge on any atom is -0.493 e. The largest absolute Gasteiger partial charge is 0.493 e. The molecule has 0 fully saturated rings. The van der Waals surface area contributed by atoms with Crippen LogP contribution < -0.4 is 9.47 Å². The van der Waals surface area contributed by atoms with E-state index in [0.29, 0.717) is 22.3 Å². The van der Waals surface area contributed by atoms with Gasteiger partial charge in [-0.1, -0.05) is 32.0 Å². The minimum atomic E-state index is -4.10. The fraction of sp³-hybridized carbons (Fsp3) is 0.250. The Balaban J connectivity index is 1.99. The Bertz CT molecular complexity index is 1410. The summed E-state index contributed by atoms with van der Waals surface area (Å²) in [5.41, 5.74) is 0.956. The van der Waals surface area contributed by atoms with Crippen LogP contribution in [0.15, 0.2) is 47.4 Å². The number of sulfonamides is 1.